The van der Waals surface area contributed by atoms with E-state index in [0.29, 0.717) is 11.7 Å². The minimum absolute atomic E-state index is 0.135. The molecule has 0 radical (unpaired) electrons. The lowest BCUT2D eigenvalue weighted by molar-refractivity contribution is 0.235. The van der Waals surface area contributed by atoms with Gasteiger partial charge in [0, 0.05) is 18.8 Å². The number of aromatic nitrogens is 3. The number of rotatable bonds is 6. The van der Waals surface area contributed by atoms with Crippen molar-refractivity contribution in [3.8, 4) is 11.5 Å². The molecule has 1 unspecified atom stereocenters. The topological polar surface area (TPSA) is 85.0 Å². The summed E-state index contributed by atoms with van der Waals surface area (Å²) in [5.41, 5.74) is 0.900. The Kier molecular flexibility index (Phi) is 4.97. The molecule has 0 spiro atoms. The highest BCUT2D eigenvalue weighted by molar-refractivity contribution is 5.74. The van der Waals surface area contributed by atoms with Gasteiger partial charge >= 0.3 is 6.03 Å². The number of hydrogen-bond acceptors (Lipinski definition) is 4. The lowest BCUT2D eigenvalue weighted by Crippen LogP contribution is -2.40. The molecule has 0 aliphatic carbocycles. The fourth-order valence-electron chi connectivity index (χ4n) is 1.86. The lowest BCUT2D eigenvalue weighted by atomic mass is 10.3. The minimum atomic E-state index is -0.235. The zero-order valence-electron chi connectivity index (χ0n) is 12.6. The fourth-order valence-corrected chi connectivity index (χ4v) is 1.86. The number of aryl methyl sites for hydroxylation is 1. The van der Waals surface area contributed by atoms with Crippen LogP contribution in [0.25, 0.3) is 11.5 Å². The normalized spacial score (nSPS) is 12.1. The van der Waals surface area contributed by atoms with Crippen molar-refractivity contribution in [1.29, 1.82) is 0 Å². The van der Waals surface area contributed by atoms with Crippen molar-refractivity contribution >= 4 is 6.03 Å². The molecule has 7 heteroatoms. The van der Waals surface area contributed by atoms with Crippen LogP contribution in [0.2, 0.25) is 0 Å². The van der Waals surface area contributed by atoms with Crippen molar-refractivity contribution in [2.45, 2.75) is 46.3 Å². The van der Waals surface area contributed by atoms with E-state index in [1.54, 1.807) is 0 Å². The second-order valence-corrected chi connectivity index (χ2v) is 4.83. The minimum Gasteiger partial charge on any atom is -0.345 e. The second kappa shape index (κ2) is 6.92. The maximum Gasteiger partial charge on any atom is 0.315 e. The second-order valence-electron chi connectivity index (χ2n) is 4.83. The van der Waals surface area contributed by atoms with Crippen molar-refractivity contribution < 1.29 is 9.32 Å². The number of carbonyl (C=O) groups excluding carboxylic acids is 1. The van der Waals surface area contributed by atoms with Gasteiger partial charge in [-0.05, 0) is 32.4 Å². The Balaban J connectivity index is 1.93. The number of hydrogen-bond donors (Lipinski definition) is 2. The molecule has 2 rings (SSSR count). The Morgan fingerprint density at radius 3 is 3.00 bits per heavy atom. The molecule has 7 nitrogen and oxygen atoms in total. The summed E-state index contributed by atoms with van der Waals surface area (Å²) in [7, 11) is 0. The van der Waals surface area contributed by atoms with Gasteiger partial charge in [0.15, 0.2) is 0 Å². The Morgan fingerprint density at radius 2 is 2.29 bits per heavy atom. The molecule has 21 heavy (non-hydrogen) atoms. The SMILES string of the molecule is CCC(C)NC(=O)NCc1nc(-c2cccn2CC)no1. The van der Waals surface area contributed by atoms with Gasteiger partial charge < -0.3 is 19.7 Å². The van der Waals surface area contributed by atoms with Gasteiger partial charge in [-0.25, -0.2) is 4.79 Å². The van der Waals surface area contributed by atoms with Crippen LogP contribution in [-0.4, -0.2) is 26.8 Å². The smallest absolute Gasteiger partial charge is 0.315 e. The van der Waals surface area contributed by atoms with Crippen molar-refractivity contribution in [3.05, 3.63) is 24.2 Å². The van der Waals surface area contributed by atoms with Crippen LogP contribution in [0.1, 0.15) is 33.1 Å². The fraction of sp³-hybridized carbons (Fsp3) is 0.500. The number of amides is 2. The van der Waals surface area contributed by atoms with E-state index >= 15 is 0 Å². The molecule has 2 amide bonds. The zero-order valence-corrected chi connectivity index (χ0v) is 12.6. The predicted octanol–water partition coefficient (Wildman–Crippen LogP) is 2.16. The van der Waals surface area contributed by atoms with E-state index in [1.807, 2.05) is 43.7 Å². The third-order valence-corrected chi connectivity index (χ3v) is 3.26. The van der Waals surface area contributed by atoms with Crippen LogP contribution in [0, 0.1) is 0 Å². The molecule has 0 fully saturated rings. The van der Waals surface area contributed by atoms with Crippen molar-refractivity contribution in [2.75, 3.05) is 0 Å². The number of urea groups is 1. The van der Waals surface area contributed by atoms with Gasteiger partial charge in [-0.1, -0.05) is 12.1 Å². The van der Waals surface area contributed by atoms with Gasteiger partial charge in [0.2, 0.25) is 11.7 Å². The van der Waals surface area contributed by atoms with Gasteiger partial charge in [-0.3, -0.25) is 0 Å². The molecule has 0 aliphatic rings. The molecule has 2 heterocycles. The Morgan fingerprint density at radius 1 is 1.48 bits per heavy atom. The largest absolute Gasteiger partial charge is 0.345 e. The summed E-state index contributed by atoms with van der Waals surface area (Å²) in [6, 6.07) is 3.77. The number of nitrogens with one attached hydrogen (secondary N) is 2. The number of nitrogens with zero attached hydrogens (tertiary/aromatic N) is 3. The van der Waals surface area contributed by atoms with Gasteiger partial charge in [0.25, 0.3) is 0 Å². The van der Waals surface area contributed by atoms with Gasteiger partial charge in [-0.2, -0.15) is 4.98 Å². The highest BCUT2D eigenvalue weighted by atomic mass is 16.5. The molecule has 2 aromatic heterocycles. The van der Waals surface area contributed by atoms with Crippen molar-refractivity contribution in [2.24, 2.45) is 0 Å². The zero-order chi connectivity index (χ0) is 15.2. The van der Waals surface area contributed by atoms with Crippen LogP contribution in [0.4, 0.5) is 4.79 Å². The molecule has 0 saturated carbocycles. The first kappa shape index (κ1) is 15.1. The van der Waals surface area contributed by atoms with Gasteiger partial charge in [-0.15, -0.1) is 0 Å². The van der Waals surface area contributed by atoms with Crippen LogP contribution in [-0.2, 0) is 13.1 Å². The van der Waals surface area contributed by atoms with E-state index in [4.69, 9.17) is 4.52 Å². The average molecular weight is 291 g/mol. The molecule has 0 saturated heterocycles. The first-order valence-electron chi connectivity index (χ1n) is 7.16. The Labute approximate surface area is 123 Å². The summed E-state index contributed by atoms with van der Waals surface area (Å²) in [4.78, 5) is 15.9. The highest BCUT2D eigenvalue weighted by Crippen LogP contribution is 2.16. The molecule has 0 bridgehead atoms. The molecule has 0 aromatic carbocycles. The van der Waals surface area contributed by atoms with Crippen LogP contribution < -0.4 is 10.6 Å². The monoisotopic (exact) mass is 291 g/mol. The first-order valence-corrected chi connectivity index (χ1v) is 7.16. The van der Waals surface area contributed by atoms with E-state index in [1.165, 1.54) is 0 Å². The first-order chi connectivity index (χ1) is 10.1. The third kappa shape index (κ3) is 3.84. The van der Waals surface area contributed by atoms with E-state index in [0.717, 1.165) is 18.7 Å². The summed E-state index contributed by atoms with van der Waals surface area (Å²) >= 11 is 0. The molecule has 1 atom stereocenters. The van der Waals surface area contributed by atoms with Crippen molar-refractivity contribution in [1.82, 2.24) is 25.3 Å². The molecular weight excluding hydrogens is 270 g/mol. The van der Waals surface area contributed by atoms with Crippen LogP contribution in [0.15, 0.2) is 22.9 Å². The predicted molar refractivity (Wildman–Crippen MR) is 78.5 cm³/mol. The molecule has 2 N–H and O–H groups in total. The van der Waals surface area contributed by atoms with Gasteiger partial charge in [0.1, 0.15) is 0 Å². The maximum absolute atomic E-state index is 11.6. The van der Waals surface area contributed by atoms with E-state index in [9.17, 15) is 4.79 Å². The Bertz CT molecular complexity index is 590. The average Bonchev–Trinajstić information content (AvgIpc) is 3.12. The summed E-state index contributed by atoms with van der Waals surface area (Å²) < 4.78 is 7.18. The van der Waals surface area contributed by atoms with E-state index in [2.05, 4.69) is 20.8 Å². The molecule has 2 aromatic rings. The maximum atomic E-state index is 11.6. The number of carbonyl (C=O) groups is 1. The summed E-state index contributed by atoms with van der Waals surface area (Å²) in [6.07, 6.45) is 2.84. The van der Waals surface area contributed by atoms with E-state index in [-0.39, 0.29) is 18.6 Å². The van der Waals surface area contributed by atoms with E-state index < -0.39 is 0 Å². The quantitative estimate of drug-likeness (QED) is 0.854. The molecule has 114 valence electrons. The molecular formula is C14H21N5O2. The third-order valence-electron chi connectivity index (χ3n) is 3.26. The lowest BCUT2D eigenvalue weighted by Gasteiger charge is -2.11. The summed E-state index contributed by atoms with van der Waals surface area (Å²) in [5.74, 6) is 0.911. The van der Waals surface area contributed by atoms with Crippen LogP contribution in [0.3, 0.4) is 0 Å². The van der Waals surface area contributed by atoms with Gasteiger partial charge in [0.05, 0.1) is 12.2 Å². The summed E-state index contributed by atoms with van der Waals surface area (Å²) in [6.45, 7) is 7.05. The Hall–Kier alpha value is -2.31. The van der Waals surface area contributed by atoms with Crippen LogP contribution in [0.5, 0.6) is 0 Å². The highest BCUT2D eigenvalue weighted by Gasteiger charge is 2.12. The summed E-state index contributed by atoms with van der Waals surface area (Å²) in [5, 5.41) is 9.45. The molecule has 0 aliphatic heterocycles. The van der Waals surface area contributed by atoms with Crippen molar-refractivity contribution in [3.63, 3.8) is 0 Å². The van der Waals surface area contributed by atoms with Crippen LogP contribution >= 0.6 is 0 Å². The standard InChI is InChI=1S/C14H21N5O2/c1-4-10(3)16-14(20)15-9-12-17-13(18-21-12)11-7-6-8-19(11)5-2/h6-8,10H,4-5,9H2,1-3H3,(H2,15,16,20).